The van der Waals surface area contributed by atoms with E-state index in [2.05, 4.69) is 36.2 Å². The molecule has 1 atom stereocenters. The summed E-state index contributed by atoms with van der Waals surface area (Å²) in [6.07, 6.45) is 6.90. The molecule has 0 bridgehead atoms. The van der Waals surface area contributed by atoms with E-state index in [1.54, 1.807) is 12.1 Å². The minimum absolute atomic E-state index is 0.136. The zero-order chi connectivity index (χ0) is 16.5. The summed E-state index contributed by atoms with van der Waals surface area (Å²) in [7, 11) is 1.38. The second kappa shape index (κ2) is 8.59. The lowest BCUT2D eigenvalue weighted by Crippen LogP contribution is -2.15. The number of nitrogens with one attached hydrogen (secondary N) is 1. The van der Waals surface area contributed by atoms with Crippen molar-refractivity contribution in [3.05, 3.63) is 84.5 Å². The molecule has 0 spiro atoms. The number of benzene rings is 2. The number of carbonyl (C=O) groups is 1. The molecule has 3 nitrogen and oxygen atoms in total. The topological polar surface area (TPSA) is 38.3 Å². The quantitative estimate of drug-likeness (QED) is 0.602. The van der Waals surface area contributed by atoms with Crippen LogP contribution in [-0.4, -0.2) is 19.1 Å². The van der Waals surface area contributed by atoms with E-state index in [0.29, 0.717) is 5.56 Å². The smallest absolute Gasteiger partial charge is 0.337 e. The van der Waals surface area contributed by atoms with Crippen LogP contribution in [0.1, 0.15) is 22.3 Å². The Hall–Kier alpha value is -2.81. The van der Waals surface area contributed by atoms with Gasteiger partial charge in [-0.2, -0.15) is 0 Å². The van der Waals surface area contributed by atoms with E-state index in [1.807, 2.05) is 36.4 Å². The molecule has 23 heavy (non-hydrogen) atoms. The molecule has 2 rings (SSSR count). The first kappa shape index (κ1) is 16.6. The van der Waals surface area contributed by atoms with Crippen LogP contribution in [0.15, 0.2) is 73.3 Å². The van der Waals surface area contributed by atoms with Crippen LogP contribution in [0.25, 0.3) is 6.08 Å². The summed E-state index contributed by atoms with van der Waals surface area (Å²) in [6.45, 7) is 3.81. The first-order valence-electron chi connectivity index (χ1n) is 7.52. The molecule has 3 heteroatoms. The van der Waals surface area contributed by atoms with Gasteiger partial charge in [0.25, 0.3) is 0 Å². The summed E-state index contributed by atoms with van der Waals surface area (Å²) in [6, 6.07) is 17.5. The molecule has 0 amide bonds. The van der Waals surface area contributed by atoms with Crippen molar-refractivity contribution in [1.82, 2.24) is 0 Å². The van der Waals surface area contributed by atoms with Crippen molar-refractivity contribution in [3.8, 4) is 0 Å². The number of esters is 1. The monoisotopic (exact) mass is 307 g/mol. The molecule has 0 radical (unpaired) electrons. The van der Waals surface area contributed by atoms with Crippen LogP contribution in [0.5, 0.6) is 0 Å². The lowest BCUT2D eigenvalue weighted by Gasteiger charge is -2.15. The van der Waals surface area contributed by atoms with Crippen molar-refractivity contribution in [2.45, 2.75) is 12.5 Å². The minimum atomic E-state index is -0.330. The number of methoxy groups -OCH3 is 1. The fourth-order valence-electron chi connectivity index (χ4n) is 2.19. The van der Waals surface area contributed by atoms with Gasteiger partial charge in [-0.05, 0) is 36.2 Å². The van der Waals surface area contributed by atoms with E-state index >= 15 is 0 Å². The Labute approximate surface area is 137 Å². The van der Waals surface area contributed by atoms with Gasteiger partial charge in [-0.15, -0.1) is 6.58 Å². The Morgan fingerprint density at radius 1 is 1.17 bits per heavy atom. The number of hydrogen-bond donors (Lipinski definition) is 1. The summed E-state index contributed by atoms with van der Waals surface area (Å²) in [5.41, 5.74) is 2.64. The zero-order valence-electron chi connectivity index (χ0n) is 13.2. The predicted molar refractivity (Wildman–Crippen MR) is 95.5 cm³/mol. The number of anilines is 1. The fourth-order valence-corrected chi connectivity index (χ4v) is 2.19. The van der Waals surface area contributed by atoms with Gasteiger partial charge in [-0.25, -0.2) is 4.79 Å². The molecule has 0 saturated carbocycles. The van der Waals surface area contributed by atoms with Crippen LogP contribution >= 0.6 is 0 Å². The number of ether oxygens (including phenoxy) is 1. The normalized spacial score (nSPS) is 11.9. The van der Waals surface area contributed by atoms with Gasteiger partial charge in [0.2, 0.25) is 0 Å². The number of rotatable bonds is 7. The SMILES string of the molecule is C=CCC(/C=C/c1ccccc1)Nc1ccc(C(=O)OC)cc1. The molecule has 1 unspecified atom stereocenters. The molecule has 0 heterocycles. The standard InChI is InChI=1S/C20H21NO2/c1-3-7-18(13-10-16-8-5-4-6-9-16)21-19-14-11-17(12-15-19)20(22)23-2/h3-6,8-15,18,21H,1,7H2,2H3/b13-10+. The summed E-state index contributed by atoms with van der Waals surface area (Å²) >= 11 is 0. The molecular weight excluding hydrogens is 286 g/mol. The molecule has 1 N–H and O–H groups in total. The number of carbonyl (C=O) groups excluding carboxylic acids is 1. The Balaban J connectivity index is 2.05. The average molecular weight is 307 g/mol. The summed E-state index contributed by atoms with van der Waals surface area (Å²) < 4.78 is 4.70. The molecule has 0 aromatic heterocycles. The average Bonchev–Trinajstić information content (AvgIpc) is 2.61. The second-order valence-corrected chi connectivity index (χ2v) is 5.11. The highest BCUT2D eigenvalue weighted by molar-refractivity contribution is 5.89. The Morgan fingerprint density at radius 3 is 2.48 bits per heavy atom. The lowest BCUT2D eigenvalue weighted by molar-refractivity contribution is 0.0601. The van der Waals surface area contributed by atoms with Gasteiger partial charge in [0.05, 0.1) is 12.7 Å². The molecule has 2 aromatic carbocycles. The molecular formula is C20H21NO2. The van der Waals surface area contributed by atoms with Crippen LogP contribution in [0.2, 0.25) is 0 Å². The van der Waals surface area contributed by atoms with Crippen LogP contribution in [0, 0.1) is 0 Å². The highest BCUT2D eigenvalue weighted by atomic mass is 16.5. The molecule has 118 valence electrons. The van der Waals surface area contributed by atoms with Crippen molar-refractivity contribution in [3.63, 3.8) is 0 Å². The second-order valence-electron chi connectivity index (χ2n) is 5.11. The van der Waals surface area contributed by atoms with Gasteiger partial charge in [0.1, 0.15) is 0 Å². The first-order valence-corrected chi connectivity index (χ1v) is 7.52. The van der Waals surface area contributed by atoms with Gasteiger partial charge in [-0.3, -0.25) is 0 Å². The van der Waals surface area contributed by atoms with E-state index in [9.17, 15) is 4.79 Å². The minimum Gasteiger partial charge on any atom is -0.465 e. The van der Waals surface area contributed by atoms with Crippen LogP contribution in [-0.2, 0) is 4.74 Å². The van der Waals surface area contributed by atoms with E-state index in [4.69, 9.17) is 4.74 Å². The van der Waals surface area contributed by atoms with E-state index < -0.39 is 0 Å². The lowest BCUT2D eigenvalue weighted by atomic mass is 10.1. The Bertz CT molecular complexity index is 660. The molecule has 0 saturated heterocycles. The van der Waals surface area contributed by atoms with E-state index in [0.717, 1.165) is 17.7 Å². The Kier molecular flexibility index (Phi) is 6.18. The van der Waals surface area contributed by atoms with E-state index in [-0.39, 0.29) is 12.0 Å². The highest BCUT2D eigenvalue weighted by Gasteiger charge is 2.06. The predicted octanol–water partition coefficient (Wildman–Crippen LogP) is 4.54. The van der Waals surface area contributed by atoms with Gasteiger partial charge in [-0.1, -0.05) is 48.6 Å². The van der Waals surface area contributed by atoms with Gasteiger partial charge < -0.3 is 10.1 Å². The van der Waals surface area contributed by atoms with Crippen molar-refractivity contribution >= 4 is 17.7 Å². The Morgan fingerprint density at radius 2 is 1.87 bits per heavy atom. The molecule has 0 aliphatic carbocycles. The van der Waals surface area contributed by atoms with Crippen molar-refractivity contribution < 1.29 is 9.53 Å². The zero-order valence-corrected chi connectivity index (χ0v) is 13.2. The van der Waals surface area contributed by atoms with Crippen molar-refractivity contribution in [2.24, 2.45) is 0 Å². The first-order chi connectivity index (χ1) is 11.2. The van der Waals surface area contributed by atoms with E-state index in [1.165, 1.54) is 7.11 Å². The molecule has 0 aliphatic heterocycles. The van der Waals surface area contributed by atoms with Crippen molar-refractivity contribution in [1.29, 1.82) is 0 Å². The maximum atomic E-state index is 11.4. The van der Waals surface area contributed by atoms with Gasteiger partial charge in [0, 0.05) is 11.7 Å². The fraction of sp³-hybridized carbons (Fsp3) is 0.150. The largest absolute Gasteiger partial charge is 0.465 e. The summed E-state index contributed by atoms with van der Waals surface area (Å²) in [5.74, 6) is -0.330. The van der Waals surface area contributed by atoms with Gasteiger partial charge >= 0.3 is 5.97 Å². The summed E-state index contributed by atoms with van der Waals surface area (Å²) in [5, 5.41) is 3.42. The molecule has 0 aliphatic rings. The van der Waals surface area contributed by atoms with Crippen LogP contribution in [0.3, 0.4) is 0 Å². The third-order valence-electron chi connectivity index (χ3n) is 3.40. The maximum absolute atomic E-state index is 11.4. The highest BCUT2D eigenvalue weighted by Crippen LogP contribution is 2.14. The number of hydrogen-bond acceptors (Lipinski definition) is 3. The van der Waals surface area contributed by atoms with Crippen LogP contribution < -0.4 is 5.32 Å². The van der Waals surface area contributed by atoms with Crippen molar-refractivity contribution in [2.75, 3.05) is 12.4 Å². The molecule has 0 fully saturated rings. The van der Waals surface area contributed by atoms with Crippen LogP contribution in [0.4, 0.5) is 5.69 Å². The molecule has 2 aromatic rings. The maximum Gasteiger partial charge on any atom is 0.337 e. The third-order valence-corrected chi connectivity index (χ3v) is 3.40. The summed E-state index contributed by atoms with van der Waals surface area (Å²) in [4.78, 5) is 11.4. The van der Waals surface area contributed by atoms with Gasteiger partial charge in [0.15, 0.2) is 0 Å². The third kappa shape index (κ3) is 5.15.